The Kier molecular flexibility index (Phi) is 11.6. The second-order valence-corrected chi connectivity index (χ2v) is 19.3. The number of halogens is 4. The van der Waals surface area contributed by atoms with Crippen LogP contribution in [-0.4, -0.2) is 0 Å². The number of anilines is 6. The van der Waals surface area contributed by atoms with Crippen molar-refractivity contribution in [2.45, 2.75) is 27.7 Å². The molecule has 0 N–H and O–H groups in total. The molecule has 12 rings (SSSR count). The van der Waals surface area contributed by atoms with E-state index in [4.69, 9.17) is 0 Å². The smallest absolute Gasteiger partial charge is 0.123 e. The van der Waals surface area contributed by atoms with Gasteiger partial charge in [-0.1, -0.05) is 121 Å². The van der Waals surface area contributed by atoms with E-state index in [9.17, 15) is 0 Å². The van der Waals surface area contributed by atoms with Gasteiger partial charge in [-0.15, -0.1) is 0 Å². The lowest BCUT2D eigenvalue weighted by Crippen LogP contribution is -2.14. The van der Waals surface area contributed by atoms with Crippen LogP contribution in [0.3, 0.4) is 0 Å². The zero-order valence-electron chi connectivity index (χ0n) is 41.2. The van der Waals surface area contributed by atoms with E-state index >= 15 is 17.6 Å². The molecule has 0 aliphatic carbocycles. The van der Waals surface area contributed by atoms with Crippen LogP contribution < -0.4 is 9.80 Å². The van der Waals surface area contributed by atoms with E-state index in [-0.39, 0.29) is 23.3 Å². The number of hydrogen-bond donors (Lipinski definition) is 0. The number of hydrogen-bond acceptors (Lipinski definition) is 2. The van der Waals surface area contributed by atoms with Gasteiger partial charge in [-0.3, -0.25) is 0 Å². The van der Waals surface area contributed by atoms with E-state index in [1.807, 2.05) is 36.4 Å². The third-order valence-corrected chi connectivity index (χ3v) is 14.4. The van der Waals surface area contributed by atoms with Crippen molar-refractivity contribution in [3.8, 4) is 44.5 Å². The zero-order valence-corrected chi connectivity index (χ0v) is 41.2. The lowest BCUT2D eigenvalue weighted by atomic mass is 9.90. The summed E-state index contributed by atoms with van der Waals surface area (Å²) in [5.41, 5.74) is 15.7. The highest BCUT2D eigenvalue weighted by atomic mass is 19.1. The molecule has 0 aliphatic heterocycles. The Balaban J connectivity index is 1.13. The quantitative estimate of drug-likeness (QED) is 0.0995. The zero-order chi connectivity index (χ0) is 50.8. The van der Waals surface area contributed by atoms with Crippen molar-refractivity contribution < 1.29 is 17.6 Å². The van der Waals surface area contributed by atoms with Gasteiger partial charge in [0.25, 0.3) is 0 Å². The molecule has 0 spiro atoms. The second-order valence-electron chi connectivity index (χ2n) is 19.3. The van der Waals surface area contributed by atoms with Crippen molar-refractivity contribution >= 4 is 66.4 Å². The molecule has 6 heteroatoms. The van der Waals surface area contributed by atoms with Gasteiger partial charge in [0.2, 0.25) is 0 Å². The predicted molar refractivity (Wildman–Crippen MR) is 300 cm³/mol. The van der Waals surface area contributed by atoms with Crippen molar-refractivity contribution in [1.82, 2.24) is 0 Å². The Morgan fingerprint density at radius 3 is 0.851 bits per heavy atom. The van der Waals surface area contributed by atoms with Gasteiger partial charge in [0.1, 0.15) is 23.3 Å². The SMILES string of the molecule is Cc1cccc(C)c1N(c1cc(-c2cccc(F)c2)cc(-c2cccc(F)c2)c1)c1ccc2ccc3c(N(c4cc(-c5cccc(F)c5)cc(-c5cccc(F)c5)c4)c4c(C)cccc4C)ccc4ccc1c2c43. The molecule has 12 aromatic carbocycles. The maximum absolute atomic E-state index is 15.0. The molecule has 0 atom stereocenters. The summed E-state index contributed by atoms with van der Waals surface area (Å²) in [5.74, 6) is -1.39. The number of aryl methyl sites for hydroxylation is 4. The van der Waals surface area contributed by atoms with E-state index in [0.717, 1.165) is 111 Å². The van der Waals surface area contributed by atoms with Crippen molar-refractivity contribution in [2.75, 3.05) is 9.80 Å². The van der Waals surface area contributed by atoms with Crippen LogP contribution in [0.15, 0.2) is 218 Å². The first-order valence-corrected chi connectivity index (χ1v) is 24.7. The Morgan fingerprint density at radius 2 is 0.554 bits per heavy atom. The molecule has 2 nitrogen and oxygen atoms in total. The number of nitrogens with zero attached hydrogens (tertiary/aromatic N) is 2. The van der Waals surface area contributed by atoms with E-state index < -0.39 is 0 Å². The standard InChI is InChI=1S/C68H48F4N2/c1-41-11-5-12-42(2)67(41)73(59-37-51(47-15-7-19-55(69)33-47)31-52(38-59)48-16-8-20-56(70)34-48)63-29-25-45-24-28-62-64(30-26-46-23-27-61(63)65(45)66(46)62)74(68-43(3)13-6-14-44(68)4)60-39-53(49-17-9-21-57(71)35-49)32-54(40-60)50-18-10-22-58(72)36-50/h5-40H,1-4H3. The summed E-state index contributed by atoms with van der Waals surface area (Å²) < 4.78 is 60.1. The monoisotopic (exact) mass is 968 g/mol. The Bertz CT molecular complexity index is 3720. The maximum Gasteiger partial charge on any atom is 0.123 e. The normalized spacial score (nSPS) is 11.5. The first kappa shape index (κ1) is 46.1. The molecular weight excluding hydrogens is 921 g/mol. The van der Waals surface area contributed by atoms with Gasteiger partial charge in [-0.2, -0.15) is 0 Å². The van der Waals surface area contributed by atoms with E-state index in [1.54, 1.807) is 24.3 Å². The molecule has 358 valence electrons. The molecular formula is C68H48F4N2. The van der Waals surface area contributed by atoms with Gasteiger partial charge < -0.3 is 9.80 Å². The molecule has 74 heavy (non-hydrogen) atoms. The molecule has 0 unspecified atom stereocenters. The summed E-state index contributed by atoms with van der Waals surface area (Å²) >= 11 is 0. The molecule has 12 aromatic rings. The highest BCUT2D eigenvalue weighted by Gasteiger charge is 2.26. The lowest BCUT2D eigenvalue weighted by molar-refractivity contribution is 0.628. The molecule has 0 saturated carbocycles. The Hall–Kier alpha value is -9.00. The number of rotatable bonds is 10. The lowest BCUT2D eigenvalue weighted by Gasteiger charge is -2.32. The fraction of sp³-hybridized carbons (Fsp3) is 0.0588. The Morgan fingerprint density at radius 1 is 0.270 bits per heavy atom. The van der Waals surface area contributed by atoms with Crippen molar-refractivity contribution in [1.29, 1.82) is 0 Å². The molecule has 0 bridgehead atoms. The van der Waals surface area contributed by atoms with Crippen LogP contribution in [0.1, 0.15) is 22.3 Å². The summed E-state index contributed by atoms with van der Waals surface area (Å²) in [7, 11) is 0. The maximum atomic E-state index is 15.0. The summed E-state index contributed by atoms with van der Waals surface area (Å²) in [6.45, 7) is 8.47. The summed E-state index contributed by atoms with van der Waals surface area (Å²) in [6.07, 6.45) is 0. The second kappa shape index (κ2) is 18.6. The van der Waals surface area contributed by atoms with Crippen molar-refractivity contribution in [3.63, 3.8) is 0 Å². The first-order valence-electron chi connectivity index (χ1n) is 24.7. The third kappa shape index (κ3) is 8.28. The van der Waals surface area contributed by atoms with Gasteiger partial charge in [0.15, 0.2) is 0 Å². The van der Waals surface area contributed by atoms with E-state index in [2.05, 4.69) is 147 Å². The van der Waals surface area contributed by atoms with Crippen LogP contribution in [0.4, 0.5) is 51.7 Å². The van der Waals surface area contributed by atoms with E-state index in [0.29, 0.717) is 22.3 Å². The highest BCUT2D eigenvalue weighted by molar-refractivity contribution is 6.28. The minimum atomic E-state index is -0.347. The van der Waals surface area contributed by atoms with Gasteiger partial charge in [0.05, 0.1) is 22.7 Å². The fourth-order valence-electron chi connectivity index (χ4n) is 11.1. The van der Waals surface area contributed by atoms with Crippen LogP contribution in [0.2, 0.25) is 0 Å². The minimum Gasteiger partial charge on any atom is -0.309 e. The summed E-state index contributed by atoms with van der Waals surface area (Å²) in [6, 6.07) is 68.9. The highest BCUT2D eigenvalue weighted by Crippen LogP contribution is 2.51. The average Bonchev–Trinajstić information content (AvgIpc) is 3.41. The molecule has 0 aromatic heterocycles. The van der Waals surface area contributed by atoms with Gasteiger partial charge in [-0.25, -0.2) is 17.6 Å². The number of para-hydroxylation sites is 2. The molecule has 0 amide bonds. The molecule has 0 aliphatic rings. The van der Waals surface area contributed by atoms with E-state index in [1.165, 1.54) is 48.5 Å². The molecule has 0 saturated heterocycles. The van der Waals surface area contributed by atoms with Crippen LogP contribution in [0, 0.1) is 51.0 Å². The third-order valence-electron chi connectivity index (χ3n) is 14.4. The van der Waals surface area contributed by atoms with Crippen LogP contribution >= 0.6 is 0 Å². The van der Waals surface area contributed by atoms with Crippen molar-refractivity contribution in [3.05, 3.63) is 264 Å². The summed E-state index contributed by atoms with van der Waals surface area (Å²) in [5, 5.41) is 6.33. The van der Waals surface area contributed by atoms with Gasteiger partial charge >= 0.3 is 0 Å². The van der Waals surface area contributed by atoms with Gasteiger partial charge in [-0.05, 0) is 213 Å². The van der Waals surface area contributed by atoms with Crippen LogP contribution in [0.25, 0.3) is 76.8 Å². The largest absolute Gasteiger partial charge is 0.309 e. The average molecular weight is 969 g/mol. The first-order chi connectivity index (χ1) is 35.9. The summed E-state index contributed by atoms with van der Waals surface area (Å²) in [4.78, 5) is 4.61. The van der Waals surface area contributed by atoms with Crippen molar-refractivity contribution in [2.24, 2.45) is 0 Å². The van der Waals surface area contributed by atoms with Gasteiger partial charge in [0, 0.05) is 22.1 Å². The number of benzene rings is 12. The van der Waals surface area contributed by atoms with Crippen LogP contribution in [0.5, 0.6) is 0 Å². The Labute approximate surface area is 428 Å². The molecule has 0 heterocycles. The minimum absolute atomic E-state index is 0.347. The molecule has 0 fully saturated rings. The molecule has 0 radical (unpaired) electrons. The topological polar surface area (TPSA) is 6.48 Å². The van der Waals surface area contributed by atoms with Crippen LogP contribution in [-0.2, 0) is 0 Å². The predicted octanol–water partition coefficient (Wildman–Crippen LogP) is 20.0. The fourth-order valence-corrected chi connectivity index (χ4v) is 11.1.